The number of nitrogens with zero attached hydrogens (tertiary/aromatic N) is 1. The first-order valence-electron chi connectivity index (χ1n) is 5.41. The average molecular weight is 288 g/mol. The van der Waals surface area contributed by atoms with Gasteiger partial charge in [-0.15, -0.1) is 0 Å². The SMILES string of the molecule is CC(C)S(=O)(=O)CCOc1ccc(C#N)cc1Cl. The van der Waals surface area contributed by atoms with Crippen LogP contribution in [0.15, 0.2) is 18.2 Å². The second-order valence-corrected chi connectivity index (χ2v) is 7.11. The summed E-state index contributed by atoms with van der Waals surface area (Å²) in [5.74, 6) is 0.329. The summed E-state index contributed by atoms with van der Waals surface area (Å²) in [5, 5.41) is 8.55. The van der Waals surface area contributed by atoms with Crippen molar-refractivity contribution in [2.75, 3.05) is 12.4 Å². The summed E-state index contributed by atoms with van der Waals surface area (Å²) in [4.78, 5) is 0. The van der Waals surface area contributed by atoms with Gasteiger partial charge in [0.05, 0.1) is 27.7 Å². The van der Waals surface area contributed by atoms with Gasteiger partial charge in [-0.25, -0.2) is 8.42 Å². The van der Waals surface area contributed by atoms with Gasteiger partial charge in [0.2, 0.25) is 0 Å². The number of hydrogen-bond acceptors (Lipinski definition) is 4. The minimum atomic E-state index is -3.11. The topological polar surface area (TPSA) is 67.2 Å². The second-order valence-electron chi connectivity index (χ2n) is 4.02. The third-order valence-corrected chi connectivity index (χ3v) is 4.87. The van der Waals surface area contributed by atoms with E-state index in [0.29, 0.717) is 16.3 Å². The van der Waals surface area contributed by atoms with Gasteiger partial charge in [0, 0.05) is 0 Å². The zero-order valence-electron chi connectivity index (χ0n) is 10.2. The highest BCUT2D eigenvalue weighted by atomic mass is 35.5. The van der Waals surface area contributed by atoms with Crippen LogP contribution in [0.25, 0.3) is 0 Å². The molecule has 0 heterocycles. The normalized spacial score (nSPS) is 11.3. The molecule has 1 rings (SSSR count). The van der Waals surface area contributed by atoms with Crippen LogP contribution in [0.1, 0.15) is 19.4 Å². The molecule has 0 saturated heterocycles. The van der Waals surface area contributed by atoms with Crippen LogP contribution >= 0.6 is 11.6 Å². The fraction of sp³-hybridized carbons (Fsp3) is 0.417. The van der Waals surface area contributed by atoms with Crippen LogP contribution < -0.4 is 4.74 Å². The first-order valence-corrected chi connectivity index (χ1v) is 7.50. The number of sulfone groups is 1. The van der Waals surface area contributed by atoms with Crippen molar-refractivity contribution in [1.29, 1.82) is 5.26 Å². The Morgan fingerprint density at radius 2 is 2.11 bits per heavy atom. The standard InChI is InChI=1S/C12H14ClNO3S/c1-9(2)18(15,16)6-5-17-12-4-3-10(8-14)7-11(12)13/h3-4,7,9H,5-6H2,1-2H3. The molecule has 1 aromatic carbocycles. The maximum absolute atomic E-state index is 11.5. The molecule has 0 N–H and O–H groups in total. The van der Waals surface area contributed by atoms with Crippen LogP contribution in [0.4, 0.5) is 0 Å². The molecular formula is C12H14ClNO3S. The second kappa shape index (κ2) is 6.07. The third kappa shape index (κ3) is 3.90. The van der Waals surface area contributed by atoms with Crippen molar-refractivity contribution in [1.82, 2.24) is 0 Å². The van der Waals surface area contributed by atoms with Crippen LogP contribution in [0.5, 0.6) is 5.75 Å². The summed E-state index contributed by atoms with van der Waals surface area (Å²) in [6, 6.07) is 6.56. The summed E-state index contributed by atoms with van der Waals surface area (Å²) in [5.41, 5.74) is 0.433. The molecule has 0 bridgehead atoms. The minimum Gasteiger partial charge on any atom is -0.491 e. The number of benzene rings is 1. The van der Waals surface area contributed by atoms with Crippen LogP contribution in [-0.4, -0.2) is 26.0 Å². The zero-order chi connectivity index (χ0) is 13.8. The van der Waals surface area contributed by atoms with Crippen LogP contribution in [0, 0.1) is 11.3 Å². The summed E-state index contributed by atoms with van der Waals surface area (Å²) in [6.45, 7) is 3.31. The van der Waals surface area contributed by atoms with Crippen molar-refractivity contribution in [2.45, 2.75) is 19.1 Å². The van der Waals surface area contributed by atoms with Gasteiger partial charge in [0.25, 0.3) is 0 Å². The van der Waals surface area contributed by atoms with Crippen molar-refractivity contribution in [3.05, 3.63) is 28.8 Å². The molecule has 0 fully saturated rings. The quantitative estimate of drug-likeness (QED) is 0.834. The van der Waals surface area contributed by atoms with Gasteiger partial charge in [-0.05, 0) is 32.0 Å². The smallest absolute Gasteiger partial charge is 0.155 e. The predicted molar refractivity (Wildman–Crippen MR) is 70.6 cm³/mol. The fourth-order valence-corrected chi connectivity index (χ4v) is 2.21. The van der Waals surface area contributed by atoms with Gasteiger partial charge >= 0.3 is 0 Å². The van der Waals surface area contributed by atoms with E-state index in [9.17, 15) is 8.42 Å². The molecule has 0 aliphatic rings. The number of hydrogen-bond donors (Lipinski definition) is 0. The Kier molecular flexibility index (Phi) is 5.00. The van der Waals surface area contributed by atoms with Crippen molar-refractivity contribution in [3.63, 3.8) is 0 Å². The average Bonchev–Trinajstić information content (AvgIpc) is 2.30. The summed E-state index contributed by atoms with van der Waals surface area (Å²) < 4.78 is 28.4. The Labute approximate surface area is 112 Å². The van der Waals surface area contributed by atoms with Crippen LogP contribution in [-0.2, 0) is 9.84 Å². The highest BCUT2D eigenvalue weighted by Gasteiger charge is 2.16. The van der Waals surface area contributed by atoms with Gasteiger partial charge in [0.15, 0.2) is 9.84 Å². The number of halogens is 1. The van der Waals surface area contributed by atoms with E-state index in [1.807, 2.05) is 6.07 Å². The zero-order valence-corrected chi connectivity index (χ0v) is 11.8. The molecule has 98 valence electrons. The van der Waals surface area contributed by atoms with Crippen molar-refractivity contribution >= 4 is 21.4 Å². The lowest BCUT2D eigenvalue weighted by Gasteiger charge is -2.10. The van der Waals surface area contributed by atoms with E-state index in [0.717, 1.165) is 0 Å². The molecule has 18 heavy (non-hydrogen) atoms. The van der Waals surface area contributed by atoms with E-state index in [2.05, 4.69) is 0 Å². The van der Waals surface area contributed by atoms with Crippen LogP contribution in [0.2, 0.25) is 5.02 Å². The molecule has 0 aliphatic heterocycles. The van der Waals surface area contributed by atoms with Crippen molar-refractivity contribution in [3.8, 4) is 11.8 Å². The Morgan fingerprint density at radius 3 is 2.61 bits per heavy atom. The highest BCUT2D eigenvalue weighted by Crippen LogP contribution is 2.25. The Bertz CT molecular complexity index is 561. The summed E-state index contributed by atoms with van der Waals surface area (Å²) >= 11 is 5.90. The largest absolute Gasteiger partial charge is 0.491 e. The van der Waals surface area contributed by atoms with Gasteiger partial charge in [0.1, 0.15) is 12.4 Å². The summed E-state index contributed by atoms with van der Waals surface area (Å²) in [7, 11) is -3.11. The molecule has 0 radical (unpaired) electrons. The lowest BCUT2D eigenvalue weighted by molar-refractivity contribution is 0.340. The predicted octanol–water partition coefficient (Wildman–Crippen LogP) is 2.41. The van der Waals surface area contributed by atoms with Gasteiger partial charge < -0.3 is 4.74 Å². The maximum Gasteiger partial charge on any atom is 0.155 e. The van der Waals surface area contributed by atoms with Crippen molar-refractivity contribution < 1.29 is 13.2 Å². The molecular weight excluding hydrogens is 274 g/mol. The lowest BCUT2D eigenvalue weighted by Crippen LogP contribution is -2.22. The number of ether oxygens (including phenoxy) is 1. The molecule has 4 nitrogen and oxygen atoms in total. The van der Waals surface area contributed by atoms with Gasteiger partial charge in [-0.3, -0.25) is 0 Å². The van der Waals surface area contributed by atoms with Gasteiger partial charge in [-0.1, -0.05) is 11.6 Å². The van der Waals surface area contributed by atoms with E-state index < -0.39 is 15.1 Å². The number of rotatable bonds is 5. The van der Waals surface area contributed by atoms with Crippen LogP contribution in [0.3, 0.4) is 0 Å². The fourth-order valence-electron chi connectivity index (χ4n) is 1.19. The van der Waals surface area contributed by atoms with E-state index in [-0.39, 0.29) is 12.4 Å². The van der Waals surface area contributed by atoms with E-state index >= 15 is 0 Å². The number of nitriles is 1. The third-order valence-electron chi connectivity index (χ3n) is 2.40. The first-order chi connectivity index (χ1) is 8.36. The Balaban J connectivity index is 2.63. The highest BCUT2D eigenvalue weighted by molar-refractivity contribution is 7.91. The van der Waals surface area contributed by atoms with Gasteiger partial charge in [-0.2, -0.15) is 5.26 Å². The lowest BCUT2D eigenvalue weighted by atomic mass is 10.2. The maximum atomic E-state index is 11.5. The minimum absolute atomic E-state index is 0.0478. The monoisotopic (exact) mass is 287 g/mol. The van der Waals surface area contributed by atoms with E-state index in [1.165, 1.54) is 6.07 Å². The molecule has 0 spiro atoms. The molecule has 0 aromatic heterocycles. The van der Waals surface area contributed by atoms with E-state index in [4.69, 9.17) is 21.6 Å². The molecule has 0 unspecified atom stereocenters. The molecule has 0 saturated carbocycles. The Morgan fingerprint density at radius 1 is 1.44 bits per heavy atom. The first kappa shape index (κ1) is 14.8. The molecule has 6 heteroatoms. The molecule has 0 aliphatic carbocycles. The summed E-state index contributed by atoms with van der Waals surface area (Å²) in [6.07, 6.45) is 0. The molecule has 1 aromatic rings. The molecule has 0 amide bonds. The van der Waals surface area contributed by atoms with Crippen molar-refractivity contribution in [2.24, 2.45) is 0 Å². The molecule has 0 atom stereocenters. The van der Waals surface area contributed by atoms with E-state index in [1.54, 1.807) is 26.0 Å². The Hall–Kier alpha value is -1.25.